The largest absolute Gasteiger partial charge is 0.305 e. The van der Waals surface area contributed by atoms with Gasteiger partial charge in [-0.05, 0) is 30.7 Å². The molecule has 5 heteroatoms. The number of nitrogens with one attached hydrogen (secondary N) is 1. The first-order chi connectivity index (χ1) is 9.13. The molecule has 3 nitrogen and oxygen atoms in total. The van der Waals surface area contributed by atoms with E-state index in [1.54, 1.807) is 6.20 Å². The molecule has 0 aliphatic rings. The molecule has 0 saturated heterocycles. The SMILES string of the molecule is CCCNC(c1cccc(Br)c1)c1c(Cl)cnn1C. The lowest BCUT2D eigenvalue weighted by atomic mass is 10.0. The maximum atomic E-state index is 6.27. The molecule has 1 N–H and O–H groups in total. The Morgan fingerprint density at radius 1 is 1.47 bits per heavy atom. The molecule has 1 aromatic carbocycles. The van der Waals surface area contributed by atoms with Gasteiger partial charge >= 0.3 is 0 Å². The molecule has 1 heterocycles. The molecule has 0 aliphatic heterocycles. The van der Waals surface area contributed by atoms with Gasteiger partial charge < -0.3 is 5.32 Å². The van der Waals surface area contributed by atoms with Crippen molar-refractivity contribution in [2.75, 3.05) is 6.54 Å². The van der Waals surface area contributed by atoms with Gasteiger partial charge in [-0.25, -0.2) is 0 Å². The average Bonchev–Trinajstić information content (AvgIpc) is 2.71. The van der Waals surface area contributed by atoms with Crippen LogP contribution in [0.2, 0.25) is 5.02 Å². The van der Waals surface area contributed by atoms with Crippen molar-refractivity contribution in [2.45, 2.75) is 19.4 Å². The number of hydrogen-bond donors (Lipinski definition) is 1. The molecule has 2 aromatic rings. The molecule has 0 spiro atoms. The Morgan fingerprint density at radius 3 is 2.84 bits per heavy atom. The van der Waals surface area contributed by atoms with Crippen LogP contribution in [-0.4, -0.2) is 16.3 Å². The van der Waals surface area contributed by atoms with Crippen molar-refractivity contribution in [3.8, 4) is 0 Å². The van der Waals surface area contributed by atoms with E-state index < -0.39 is 0 Å². The normalized spacial score (nSPS) is 12.6. The maximum Gasteiger partial charge on any atom is 0.0837 e. The van der Waals surface area contributed by atoms with Crippen LogP contribution in [0.15, 0.2) is 34.9 Å². The lowest BCUT2D eigenvalue weighted by Crippen LogP contribution is -2.25. The summed E-state index contributed by atoms with van der Waals surface area (Å²) in [5.41, 5.74) is 2.17. The van der Waals surface area contributed by atoms with E-state index in [2.05, 4.69) is 45.4 Å². The lowest BCUT2D eigenvalue weighted by Gasteiger charge is -2.20. The molecule has 1 unspecified atom stereocenters. The molecule has 0 bridgehead atoms. The first-order valence-corrected chi connectivity index (χ1v) is 7.46. The van der Waals surface area contributed by atoms with E-state index in [4.69, 9.17) is 11.6 Å². The number of hydrogen-bond acceptors (Lipinski definition) is 2. The maximum absolute atomic E-state index is 6.27. The molecule has 1 aromatic heterocycles. The minimum absolute atomic E-state index is 0.0532. The Kier molecular flexibility index (Phi) is 5.02. The molecule has 1 atom stereocenters. The highest BCUT2D eigenvalue weighted by atomic mass is 79.9. The first-order valence-electron chi connectivity index (χ1n) is 6.29. The standard InChI is InChI=1S/C14H17BrClN3/c1-3-7-17-13(10-5-4-6-11(15)8-10)14-12(16)9-18-19(14)2/h4-6,8-9,13,17H,3,7H2,1-2H3. The highest BCUT2D eigenvalue weighted by Gasteiger charge is 2.20. The molecule has 0 fully saturated rings. The third-order valence-electron chi connectivity index (χ3n) is 2.99. The number of benzene rings is 1. The third-order valence-corrected chi connectivity index (χ3v) is 3.78. The summed E-state index contributed by atoms with van der Waals surface area (Å²) in [7, 11) is 1.92. The fourth-order valence-corrected chi connectivity index (χ4v) is 2.78. The van der Waals surface area contributed by atoms with E-state index in [0.29, 0.717) is 5.02 Å². The van der Waals surface area contributed by atoms with Gasteiger partial charge in [0.05, 0.1) is 23.0 Å². The minimum Gasteiger partial charge on any atom is -0.305 e. The minimum atomic E-state index is 0.0532. The number of halogens is 2. The molecule has 19 heavy (non-hydrogen) atoms. The monoisotopic (exact) mass is 341 g/mol. The molecule has 0 saturated carbocycles. The summed E-state index contributed by atoms with van der Waals surface area (Å²) in [4.78, 5) is 0. The fourth-order valence-electron chi connectivity index (χ4n) is 2.09. The highest BCUT2D eigenvalue weighted by Crippen LogP contribution is 2.29. The quantitative estimate of drug-likeness (QED) is 0.892. The summed E-state index contributed by atoms with van der Waals surface area (Å²) in [6, 6.07) is 8.31. The summed E-state index contributed by atoms with van der Waals surface area (Å²) in [6.45, 7) is 3.08. The van der Waals surface area contributed by atoms with Crippen molar-refractivity contribution in [1.82, 2.24) is 15.1 Å². The molecule has 0 amide bonds. The Labute approximate surface area is 127 Å². The zero-order chi connectivity index (χ0) is 13.8. The van der Waals surface area contributed by atoms with Crippen LogP contribution in [0.4, 0.5) is 0 Å². The molecule has 0 aliphatic carbocycles. The van der Waals surface area contributed by atoms with Crippen LogP contribution in [0, 0.1) is 0 Å². The van der Waals surface area contributed by atoms with Gasteiger partial charge in [0.2, 0.25) is 0 Å². The van der Waals surface area contributed by atoms with Crippen molar-refractivity contribution in [1.29, 1.82) is 0 Å². The number of rotatable bonds is 5. The molecule has 2 rings (SSSR count). The Hall–Kier alpha value is -0.840. The average molecular weight is 343 g/mol. The van der Waals surface area contributed by atoms with E-state index in [-0.39, 0.29) is 6.04 Å². The van der Waals surface area contributed by atoms with Crippen LogP contribution in [-0.2, 0) is 7.05 Å². The fraction of sp³-hybridized carbons (Fsp3) is 0.357. The topological polar surface area (TPSA) is 29.9 Å². The van der Waals surface area contributed by atoms with E-state index >= 15 is 0 Å². The predicted octanol–water partition coefficient (Wildman–Crippen LogP) is 3.93. The van der Waals surface area contributed by atoms with Crippen molar-refractivity contribution in [2.24, 2.45) is 7.05 Å². The summed E-state index contributed by atoms with van der Waals surface area (Å²) < 4.78 is 2.89. The second-order valence-corrected chi connectivity index (χ2v) is 5.77. The van der Waals surface area contributed by atoms with E-state index in [1.807, 2.05) is 23.9 Å². The molecule has 102 valence electrons. The smallest absolute Gasteiger partial charge is 0.0837 e. The van der Waals surface area contributed by atoms with E-state index in [0.717, 1.165) is 23.1 Å². The zero-order valence-corrected chi connectivity index (χ0v) is 13.4. The van der Waals surface area contributed by atoms with Gasteiger partial charge in [-0.1, -0.05) is 46.6 Å². The van der Waals surface area contributed by atoms with Gasteiger partial charge in [0.15, 0.2) is 0 Å². The van der Waals surface area contributed by atoms with Crippen LogP contribution in [0.5, 0.6) is 0 Å². The van der Waals surface area contributed by atoms with Crippen molar-refractivity contribution in [3.05, 3.63) is 51.2 Å². The number of aryl methyl sites for hydroxylation is 1. The van der Waals surface area contributed by atoms with Gasteiger partial charge in [0, 0.05) is 11.5 Å². The first kappa shape index (κ1) is 14.6. The van der Waals surface area contributed by atoms with Crippen LogP contribution in [0.3, 0.4) is 0 Å². The van der Waals surface area contributed by atoms with Crippen LogP contribution in [0.1, 0.15) is 30.6 Å². The molecule has 0 radical (unpaired) electrons. The molecular formula is C14H17BrClN3. The predicted molar refractivity (Wildman–Crippen MR) is 82.5 cm³/mol. The van der Waals surface area contributed by atoms with E-state index in [9.17, 15) is 0 Å². The molecular weight excluding hydrogens is 326 g/mol. The van der Waals surface area contributed by atoms with Gasteiger partial charge in [0.25, 0.3) is 0 Å². The Morgan fingerprint density at radius 2 is 2.26 bits per heavy atom. The number of nitrogens with zero attached hydrogens (tertiary/aromatic N) is 2. The number of aromatic nitrogens is 2. The van der Waals surface area contributed by atoms with E-state index in [1.165, 1.54) is 5.56 Å². The second-order valence-electron chi connectivity index (χ2n) is 4.44. The zero-order valence-electron chi connectivity index (χ0n) is 11.0. The van der Waals surface area contributed by atoms with Gasteiger partial charge in [-0.15, -0.1) is 0 Å². The summed E-state index contributed by atoms with van der Waals surface area (Å²) in [6.07, 6.45) is 2.76. The summed E-state index contributed by atoms with van der Waals surface area (Å²) in [5.74, 6) is 0. The van der Waals surface area contributed by atoms with Crippen LogP contribution >= 0.6 is 27.5 Å². The summed E-state index contributed by atoms with van der Waals surface area (Å²) >= 11 is 9.79. The highest BCUT2D eigenvalue weighted by molar-refractivity contribution is 9.10. The van der Waals surface area contributed by atoms with Gasteiger partial charge in [-0.2, -0.15) is 5.10 Å². The van der Waals surface area contributed by atoms with Gasteiger partial charge in [-0.3, -0.25) is 4.68 Å². The van der Waals surface area contributed by atoms with Crippen LogP contribution < -0.4 is 5.32 Å². The van der Waals surface area contributed by atoms with Gasteiger partial charge in [0.1, 0.15) is 0 Å². The lowest BCUT2D eigenvalue weighted by molar-refractivity contribution is 0.553. The van der Waals surface area contributed by atoms with Crippen molar-refractivity contribution >= 4 is 27.5 Å². The van der Waals surface area contributed by atoms with Crippen LogP contribution in [0.25, 0.3) is 0 Å². The third kappa shape index (κ3) is 3.38. The summed E-state index contributed by atoms with van der Waals surface area (Å²) in [5, 5.41) is 8.45. The van der Waals surface area contributed by atoms with Crippen molar-refractivity contribution in [3.63, 3.8) is 0 Å². The second kappa shape index (κ2) is 6.55. The Bertz CT molecular complexity index is 534. The Balaban J connectivity index is 2.41. The van der Waals surface area contributed by atoms with Crippen molar-refractivity contribution < 1.29 is 0 Å².